The molecule has 2 aromatic rings. The van der Waals surface area contributed by atoms with Gasteiger partial charge in [0, 0.05) is 30.4 Å². The highest BCUT2D eigenvalue weighted by Crippen LogP contribution is 2.31. The quantitative estimate of drug-likeness (QED) is 0.563. The number of ketones is 2. The van der Waals surface area contributed by atoms with Crippen molar-refractivity contribution in [3.05, 3.63) is 59.7 Å². The Bertz CT molecular complexity index is 700. The SMILES string of the molecule is CCCC(=O)CCC.COc1cccc(CC(=O)c2ccccc2)c1OC. The molecule has 0 spiro atoms. The third-order valence-corrected chi connectivity index (χ3v) is 3.99. The van der Waals surface area contributed by atoms with Gasteiger partial charge < -0.3 is 9.47 Å². The van der Waals surface area contributed by atoms with Crippen LogP contribution in [0.25, 0.3) is 0 Å². The van der Waals surface area contributed by atoms with E-state index in [1.165, 1.54) is 0 Å². The molecule has 0 atom stereocenters. The van der Waals surface area contributed by atoms with Gasteiger partial charge >= 0.3 is 0 Å². The van der Waals surface area contributed by atoms with Crippen molar-refractivity contribution in [2.24, 2.45) is 0 Å². The van der Waals surface area contributed by atoms with E-state index >= 15 is 0 Å². The van der Waals surface area contributed by atoms with E-state index in [0.717, 1.165) is 31.2 Å². The normalized spacial score (nSPS) is 9.78. The first-order chi connectivity index (χ1) is 13.1. The van der Waals surface area contributed by atoms with E-state index < -0.39 is 0 Å². The van der Waals surface area contributed by atoms with Crippen LogP contribution in [0.15, 0.2) is 48.5 Å². The Hall–Kier alpha value is -2.62. The van der Waals surface area contributed by atoms with Crippen LogP contribution in [0.4, 0.5) is 0 Å². The Kier molecular flexibility index (Phi) is 10.5. The van der Waals surface area contributed by atoms with Gasteiger partial charge in [0.15, 0.2) is 17.3 Å². The largest absolute Gasteiger partial charge is 0.493 e. The van der Waals surface area contributed by atoms with Crippen molar-refractivity contribution in [3.63, 3.8) is 0 Å². The van der Waals surface area contributed by atoms with Gasteiger partial charge in [-0.3, -0.25) is 9.59 Å². The third-order valence-electron chi connectivity index (χ3n) is 3.99. The lowest BCUT2D eigenvalue weighted by Gasteiger charge is -2.12. The van der Waals surface area contributed by atoms with Gasteiger partial charge in [-0.25, -0.2) is 0 Å². The number of carbonyl (C=O) groups excluding carboxylic acids is 2. The average molecular weight is 370 g/mol. The van der Waals surface area contributed by atoms with Crippen LogP contribution < -0.4 is 9.47 Å². The molecule has 27 heavy (non-hydrogen) atoms. The number of carbonyl (C=O) groups is 2. The van der Waals surface area contributed by atoms with Crippen molar-refractivity contribution in [2.75, 3.05) is 14.2 Å². The van der Waals surface area contributed by atoms with Gasteiger partial charge in [-0.05, 0) is 18.9 Å². The maximum atomic E-state index is 12.2. The summed E-state index contributed by atoms with van der Waals surface area (Å²) in [5.41, 5.74) is 1.53. The van der Waals surface area contributed by atoms with Crippen LogP contribution >= 0.6 is 0 Å². The van der Waals surface area contributed by atoms with Crippen molar-refractivity contribution < 1.29 is 19.1 Å². The summed E-state index contributed by atoms with van der Waals surface area (Å²) in [6.07, 6.45) is 3.84. The van der Waals surface area contributed by atoms with Gasteiger partial charge in [0.2, 0.25) is 0 Å². The smallest absolute Gasteiger partial charge is 0.167 e. The average Bonchev–Trinajstić information content (AvgIpc) is 2.69. The Morgan fingerprint density at radius 1 is 0.815 bits per heavy atom. The number of rotatable bonds is 9. The Balaban J connectivity index is 0.000000387. The molecule has 0 amide bonds. The van der Waals surface area contributed by atoms with Gasteiger partial charge in [-0.1, -0.05) is 56.3 Å². The summed E-state index contributed by atoms with van der Waals surface area (Å²) < 4.78 is 10.6. The highest BCUT2D eigenvalue weighted by Gasteiger charge is 2.13. The lowest BCUT2D eigenvalue weighted by Crippen LogP contribution is -2.05. The van der Waals surface area contributed by atoms with E-state index in [0.29, 0.717) is 29.3 Å². The fraction of sp³-hybridized carbons (Fsp3) is 0.391. The van der Waals surface area contributed by atoms with Crippen LogP contribution in [0.5, 0.6) is 11.5 Å². The number of methoxy groups -OCH3 is 2. The van der Waals surface area contributed by atoms with Crippen molar-refractivity contribution >= 4 is 11.6 Å². The summed E-state index contributed by atoms with van der Waals surface area (Å²) in [7, 11) is 3.16. The summed E-state index contributed by atoms with van der Waals surface area (Å²) in [6, 6.07) is 14.8. The first-order valence-corrected chi connectivity index (χ1v) is 9.37. The molecule has 0 unspecified atom stereocenters. The predicted molar refractivity (Wildman–Crippen MR) is 109 cm³/mol. The highest BCUT2D eigenvalue weighted by molar-refractivity contribution is 5.97. The molecule has 0 fully saturated rings. The van der Waals surface area contributed by atoms with E-state index in [1.807, 2.05) is 62.4 Å². The second kappa shape index (κ2) is 12.7. The molecule has 0 aliphatic rings. The second-order valence-electron chi connectivity index (χ2n) is 6.16. The van der Waals surface area contributed by atoms with Gasteiger partial charge in [-0.15, -0.1) is 0 Å². The Morgan fingerprint density at radius 3 is 1.96 bits per heavy atom. The lowest BCUT2D eigenvalue weighted by atomic mass is 10.0. The van der Waals surface area contributed by atoms with Crippen LogP contribution in [-0.4, -0.2) is 25.8 Å². The molecule has 2 rings (SSSR count). The molecule has 4 heteroatoms. The van der Waals surface area contributed by atoms with Crippen molar-refractivity contribution in [1.29, 1.82) is 0 Å². The molecule has 0 bridgehead atoms. The zero-order valence-corrected chi connectivity index (χ0v) is 16.8. The number of hydrogen-bond acceptors (Lipinski definition) is 4. The summed E-state index contributed by atoms with van der Waals surface area (Å²) in [5.74, 6) is 1.73. The van der Waals surface area contributed by atoms with Crippen LogP contribution in [-0.2, 0) is 11.2 Å². The predicted octanol–water partition coefficient (Wildman–Crippen LogP) is 5.28. The fourth-order valence-corrected chi connectivity index (χ4v) is 2.67. The molecule has 2 aromatic carbocycles. The minimum Gasteiger partial charge on any atom is -0.493 e. The Labute approximate surface area is 162 Å². The minimum absolute atomic E-state index is 0.0622. The standard InChI is InChI=1S/C16H16O3.C7H14O/c1-18-15-10-6-9-13(16(15)19-2)11-14(17)12-7-4-3-5-8-12;1-3-5-7(8)6-4-2/h3-10H,11H2,1-2H3;3-6H2,1-2H3. The van der Waals surface area contributed by atoms with Crippen molar-refractivity contribution in [3.8, 4) is 11.5 Å². The monoisotopic (exact) mass is 370 g/mol. The van der Waals surface area contributed by atoms with Crippen LogP contribution in [0.3, 0.4) is 0 Å². The molecule has 0 radical (unpaired) electrons. The number of hydrogen-bond donors (Lipinski definition) is 0. The second-order valence-corrected chi connectivity index (χ2v) is 6.16. The van der Waals surface area contributed by atoms with Crippen molar-refractivity contribution in [1.82, 2.24) is 0 Å². The maximum Gasteiger partial charge on any atom is 0.167 e. The van der Waals surface area contributed by atoms with Gasteiger partial charge in [0.1, 0.15) is 5.78 Å². The van der Waals surface area contributed by atoms with Gasteiger partial charge in [-0.2, -0.15) is 0 Å². The fourth-order valence-electron chi connectivity index (χ4n) is 2.67. The molecular weight excluding hydrogens is 340 g/mol. The molecule has 0 aliphatic heterocycles. The number of ether oxygens (including phenoxy) is 2. The van der Waals surface area contributed by atoms with Crippen molar-refractivity contribution in [2.45, 2.75) is 46.0 Å². The number of benzene rings is 2. The first kappa shape index (κ1) is 22.4. The molecule has 146 valence electrons. The highest BCUT2D eigenvalue weighted by atomic mass is 16.5. The lowest BCUT2D eigenvalue weighted by molar-refractivity contribution is -0.119. The van der Waals surface area contributed by atoms with Crippen LogP contribution in [0.2, 0.25) is 0 Å². The molecular formula is C23H30O4. The van der Waals surface area contributed by atoms with Gasteiger partial charge in [0.25, 0.3) is 0 Å². The molecule has 0 aromatic heterocycles. The summed E-state index contributed by atoms with van der Waals surface area (Å²) >= 11 is 0. The van der Waals surface area contributed by atoms with E-state index in [4.69, 9.17) is 9.47 Å². The van der Waals surface area contributed by atoms with Crippen LogP contribution in [0.1, 0.15) is 55.5 Å². The number of para-hydroxylation sites is 1. The molecule has 0 saturated carbocycles. The summed E-state index contributed by atoms with van der Waals surface area (Å²) in [5, 5.41) is 0. The molecule has 0 N–H and O–H groups in total. The zero-order chi connectivity index (χ0) is 20.1. The molecule has 0 saturated heterocycles. The van der Waals surface area contributed by atoms with Crippen LogP contribution in [0, 0.1) is 0 Å². The molecule has 0 aliphatic carbocycles. The van der Waals surface area contributed by atoms with E-state index in [9.17, 15) is 9.59 Å². The molecule has 4 nitrogen and oxygen atoms in total. The topological polar surface area (TPSA) is 52.6 Å². The van der Waals surface area contributed by atoms with Gasteiger partial charge in [0.05, 0.1) is 14.2 Å². The summed E-state index contributed by atoms with van der Waals surface area (Å²) in [4.78, 5) is 22.8. The zero-order valence-electron chi connectivity index (χ0n) is 16.8. The van der Waals surface area contributed by atoms with E-state index in [1.54, 1.807) is 14.2 Å². The maximum absolute atomic E-state index is 12.2. The molecule has 0 heterocycles. The summed E-state index contributed by atoms with van der Waals surface area (Å²) in [6.45, 7) is 4.07. The third kappa shape index (κ3) is 7.65. The van der Waals surface area contributed by atoms with E-state index in [-0.39, 0.29) is 5.78 Å². The number of Topliss-reactive ketones (excluding diaryl/α,β-unsaturated/α-hetero) is 2. The Morgan fingerprint density at radius 2 is 1.44 bits per heavy atom. The first-order valence-electron chi connectivity index (χ1n) is 9.37. The minimum atomic E-state index is 0.0622. The van der Waals surface area contributed by atoms with E-state index in [2.05, 4.69) is 0 Å².